The second-order valence-electron chi connectivity index (χ2n) is 3.50. The van der Waals surface area contributed by atoms with Gasteiger partial charge < -0.3 is 14.2 Å². The molecule has 0 fully saturated rings. The molecule has 1 rings (SSSR count). The first-order chi connectivity index (χ1) is 8.26. The molecule has 1 unspecified atom stereocenters. The number of aromatic nitrogens is 2. The number of rotatable bonds is 7. The molecule has 0 radical (unpaired) electrons. The molecule has 1 heterocycles. The van der Waals surface area contributed by atoms with Gasteiger partial charge in [-0.2, -0.15) is 0 Å². The van der Waals surface area contributed by atoms with E-state index in [9.17, 15) is 0 Å². The van der Waals surface area contributed by atoms with Crippen molar-refractivity contribution in [3.8, 4) is 0 Å². The topological polar surface area (TPSA) is 53.5 Å². The third-order valence-electron chi connectivity index (χ3n) is 2.39. The van der Waals surface area contributed by atoms with Crippen molar-refractivity contribution in [1.29, 1.82) is 0 Å². The maximum atomic E-state index is 5.57. The Morgan fingerprint density at radius 1 is 1.24 bits per heavy atom. The van der Waals surface area contributed by atoms with E-state index in [1.165, 1.54) is 0 Å². The molecule has 0 amide bonds. The molecule has 0 N–H and O–H groups in total. The maximum absolute atomic E-state index is 5.57. The molecule has 0 aliphatic carbocycles. The van der Waals surface area contributed by atoms with Crippen LogP contribution >= 0.6 is 0 Å². The van der Waals surface area contributed by atoms with E-state index in [2.05, 4.69) is 9.97 Å². The summed E-state index contributed by atoms with van der Waals surface area (Å²) in [5, 5.41) is 0. The molecule has 1 atom stereocenters. The molecule has 17 heavy (non-hydrogen) atoms. The van der Waals surface area contributed by atoms with Crippen LogP contribution in [0.15, 0.2) is 12.3 Å². The second kappa shape index (κ2) is 7.32. The van der Waals surface area contributed by atoms with E-state index in [4.69, 9.17) is 14.2 Å². The predicted octanol–water partition coefficient (Wildman–Crippen LogP) is 2.26. The summed E-state index contributed by atoms with van der Waals surface area (Å²) in [5.74, 6) is 0.672. The summed E-state index contributed by atoms with van der Waals surface area (Å²) < 4.78 is 15.9. The summed E-state index contributed by atoms with van der Waals surface area (Å²) in [7, 11) is 3.16. The normalized spacial score (nSPS) is 13.0. The van der Waals surface area contributed by atoms with Gasteiger partial charge in [-0.25, -0.2) is 9.97 Å². The fourth-order valence-corrected chi connectivity index (χ4v) is 1.59. The lowest BCUT2D eigenvalue weighted by Crippen LogP contribution is -2.12. The highest BCUT2D eigenvalue weighted by Gasteiger charge is 2.16. The summed E-state index contributed by atoms with van der Waals surface area (Å²) in [5.41, 5.74) is 0.707. The molecule has 0 spiro atoms. The first kappa shape index (κ1) is 14.0. The van der Waals surface area contributed by atoms with Crippen molar-refractivity contribution in [3.63, 3.8) is 0 Å². The minimum atomic E-state index is -0.462. The van der Waals surface area contributed by atoms with Crippen LogP contribution in [0.4, 0.5) is 0 Å². The van der Waals surface area contributed by atoms with E-state index in [0.29, 0.717) is 18.1 Å². The van der Waals surface area contributed by atoms with E-state index in [1.54, 1.807) is 26.5 Å². The van der Waals surface area contributed by atoms with Crippen LogP contribution in [0.1, 0.15) is 44.2 Å². The first-order valence-corrected chi connectivity index (χ1v) is 5.76. The molecule has 0 aliphatic rings. The fourth-order valence-electron chi connectivity index (χ4n) is 1.59. The van der Waals surface area contributed by atoms with Crippen molar-refractivity contribution in [2.24, 2.45) is 0 Å². The molecular formula is C12H20N2O3. The van der Waals surface area contributed by atoms with Crippen molar-refractivity contribution >= 4 is 0 Å². The van der Waals surface area contributed by atoms with Crippen molar-refractivity contribution in [3.05, 3.63) is 23.8 Å². The Balaban J connectivity index is 2.90. The van der Waals surface area contributed by atoms with Gasteiger partial charge in [0.25, 0.3) is 0 Å². The largest absolute Gasteiger partial charge is 0.371 e. The molecule has 0 aromatic carbocycles. The summed E-state index contributed by atoms with van der Waals surface area (Å²) in [6.07, 6.45) is 2.00. The Morgan fingerprint density at radius 2 is 1.94 bits per heavy atom. The van der Waals surface area contributed by atoms with Gasteiger partial charge >= 0.3 is 0 Å². The van der Waals surface area contributed by atoms with Crippen molar-refractivity contribution in [1.82, 2.24) is 9.97 Å². The highest BCUT2D eigenvalue weighted by molar-refractivity contribution is 5.05. The zero-order valence-electron chi connectivity index (χ0n) is 10.8. The third kappa shape index (κ3) is 3.73. The van der Waals surface area contributed by atoms with Crippen LogP contribution in [-0.4, -0.2) is 30.8 Å². The van der Waals surface area contributed by atoms with E-state index in [1.807, 2.05) is 13.8 Å². The number of hydrogen-bond donors (Lipinski definition) is 0. The molecular weight excluding hydrogens is 220 g/mol. The van der Waals surface area contributed by atoms with Gasteiger partial charge in [-0.05, 0) is 19.4 Å². The van der Waals surface area contributed by atoms with Crippen LogP contribution in [0, 0.1) is 0 Å². The SMILES string of the molecule is CCOC(CC)c1nccc(C(OC)OC)n1. The Hall–Kier alpha value is -1.04. The van der Waals surface area contributed by atoms with E-state index in [0.717, 1.165) is 6.42 Å². The van der Waals surface area contributed by atoms with Gasteiger partial charge in [0.05, 0.1) is 0 Å². The van der Waals surface area contributed by atoms with Gasteiger partial charge in [-0.15, -0.1) is 0 Å². The number of ether oxygens (including phenoxy) is 3. The Bertz CT molecular complexity index is 329. The fraction of sp³-hybridized carbons (Fsp3) is 0.667. The number of nitrogens with zero attached hydrogens (tertiary/aromatic N) is 2. The average Bonchev–Trinajstić information content (AvgIpc) is 2.38. The quantitative estimate of drug-likeness (QED) is 0.684. The third-order valence-corrected chi connectivity index (χ3v) is 2.39. The average molecular weight is 240 g/mol. The van der Waals surface area contributed by atoms with Crippen LogP contribution in [0.5, 0.6) is 0 Å². The summed E-state index contributed by atoms with van der Waals surface area (Å²) >= 11 is 0. The number of hydrogen-bond acceptors (Lipinski definition) is 5. The van der Waals surface area contributed by atoms with Crippen LogP contribution in [0.25, 0.3) is 0 Å². The van der Waals surface area contributed by atoms with E-state index < -0.39 is 6.29 Å². The minimum Gasteiger partial charge on any atom is -0.371 e. The van der Waals surface area contributed by atoms with E-state index in [-0.39, 0.29) is 6.10 Å². The van der Waals surface area contributed by atoms with Crippen molar-refractivity contribution in [2.45, 2.75) is 32.7 Å². The van der Waals surface area contributed by atoms with Crippen LogP contribution in [0.2, 0.25) is 0 Å². The van der Waals surface area contributed by atoms with Gasteiger partial charge in [-0.1, -0.05) is 6.92 Å². The molecule has 0 saturated carbocycles. The Morgan fingerprint density at radius 3 is 2.47 bits per heavy atom. The van der Waals surface area contributed by atoms with E-state index >= 15 is 0 Å². The molecule has 0 saturated heterocycles. The summed E-state index contributed by atoms with van der Waals surface area (Å²) in [6, 6.07) is 1.78. The predicted molar refractivity (Wildman–Crippen MR) is 63.4 cm³/mol. The zero-order valence-corrected chi connectivity index (χ0v) is 10.8. The molecule has 0 aliphatic heterocycles. The van der Waals surface area contributed by atoms with Gasteiger partial charge in [0.1, 0.15) is 11.8 Å². The lowest BCUT2D eigenvalue weighted by atomic mass is 10.2. The van der Waals surface area contributed by atoms with Crippen molar-refractivity contribution in [2.75, 3.05) is 20.8 Å². The molecule has 1 aromatic heterocycles. The van der Waals surface area contributed by atoms with Gasteiger partial charge in [0, 0.05) is 27.0 Å². The molecule has 96 valence electrons. The van der Waals surface area contributed by atoms with Crippen LogP contribution in [0.3, 0.4) is 0 Å². The summed E-state index contributed by atoms with van der Waals surface area (Å²) in [4.78, 5) is 8.65. The molecule has 1 aromatic rings. The second-order valence-corrected chi connectivity index (χ2v) is 3.50. The number of methoxy groups -OCH3 is 2. The monoisotopic (exact) mass is 240 g/mol. The van der Waals surface area contributed by atoms with Crippen LogP contribution in [-0.2, 0) is 14.2 Å². The highest BCUT2D eigenvalue weighted by atomic mass is 16.7. The van der Waals surface area contributed by atoms with Gasteiger partial charge in [0.15, 0.2) is 5.82 Å². The smallest absolute Gasteiger partial charge is 0.200 e. The molecule has 0 bridgehead atoms. The molecule has 5 heteroatoms. The zero-order chi connectivity index (χ0) is 12.7. The minimum absolute atomic E-state index is 0.0747. The standard InChI is InChI=1S/C12H20N2O3/c1-5-10(17-6-2)11-13-8-7-9(14-11)12(15-3)16-4/h7-8,10,12H,5-6H2,1-4H3. The lowest BCUT2D eigenvalue weighted by Gasteiger charge is -2.16. The van der Waals surface area contributed by atoms with Crippen LogP contribution < -0.4 is 0 Å². The Kier molecular flexibility index (Phi) is 6.04. The maximum Gasteiger partial charge on any atom is 0.200 e. The van der Waals surface area contributed by atoms with Gasteiger partial charge in [-0.3, -0.25) is 0 Å². The first-order valence-electron chi connectivity index (χ1n) is 5.76. The Labute approximate surface area is 102 Å². The van der Waals surface area contributed by atoms with Gasteiger partial charge in [0.2, 0.25) is 6.29 Å². The molecule has 5 nitrogen and oxygen atoms in total. The lowest BCUT2D eigenvalue weighted by molar-refractivity contribution is -0.109. The van der Waals surface area contributed by atoms with Crippen molar-refractivity contribution < 1.29 is 14.2 Å². The summed E-state index contributed by atoms with van der Waals surface area (Å²) in [6.45, 7) is 4.64. The highest BCUT2D eigenvalue weighted by Crippen LogP contribution is 2.20.